The lowest BCUT2D eigenvalue weighted by atomic mass is 10.2. The number of methoxy groups -OCH3 is 1. The Morgan fingerprint density at radius 1 is 1.29 bits per heavy atom. The van der Waals surface area contributed by atoms with Crippen LogP contribution in [0.5, 0.6) is 5.75 Å². The molecule has 1 aromatic heterocycles. The van der Waals surface area contributed by atoms with E-state index < -0.39 is 0 Å². The normalized spacial score (nSPS) is 10.6. The summed E-state index contributed by atoms with van der Waals surface area (Å²) in [6.45, 7) is 0. The van der Waals surface area contributed by atoms with E-state index >= 15 is 0 Å². The third-order valence-corrected chi connectivity index (χ3v) is 3.13. The van der Waals surface area contributed by atoms with Gasteiger partial charge in [0.15, 0.2) is 0 Å². The van der Waals surface area contributed by atoms with Gasteiger partial charge in [0.1, 0.15) is 11.6 Å². The van der Waals surface area contributed by atoms with Gasteiger partial charge in [-0.2, -0.15) is 4.98 Å². The smallest absolute Gasteiger partial charge is 0.224 e. The van der Waals surface area contributed by atoms with Gasteiger partial charge >= 0.3 is 0 Å². The molecule has 90 valence electrons. The molecule has 0 amide bonds. The maximum absolute atomic E-state index is 5.91. The van der Waals surface area contributed by atoms with Crippen molar-refractivity contribution in [1.82, 2.24) is 9.97 Å². The third-order valence-electron chi connectivity index (χ3n) is 2.34. The van der Waals surface area contributed by atoms with Gasteiger partial charge < -0.3 is 9.64 Å². The van der Waals surface area contributed by atoms with Crippen LogP contribution in [-0.4, -0.2) is 31.2 Å². The van der Waals surface area contributed by atoms with Crippen molar-refractivity contribution in [2.45, 2.75) is 0 Å². The summed E-state index contributed by atoms with van der Waals surface area (Å²) in [7, 11) is 5.44. The summed E-state index contributed by atoms with van der Waals surface area (Å²) in [6, 6.07) is 3.72. The number of ether oxygens (including phenoxy) is 1. The maximum Gasteiger partial charge on any atom is 0.224 e. The first kappa shape index (κ1) is 12.4. The average molecular weight is 317 g/mol. The lowest BCUT2D eigenvalue weighted by Crippen LogP contribution is -2.12. The Kier molecular flexibility index (Phi) is 3.40. The molecular formula is C11H11BrClN3O. The van der Waals surface area contributed by atoms with E-state index in [1.807, 2.05) is 31.1 Å². The topological polar surface area (TPSA) is 38.2 Å². The molecule has 17 heavy (non-hydrogen) atoms. The van der Waals surface area contributed by atoms with Gasteiger partial charge in [-0.3, -0.25) is 0 Å². The van der Waals surface area contributed by atoms with E-state index in [-0.39, 0.29) is 5.28 Å². The van der Waals surface area contributed by atoms with Gasteiger partial charge in [-0.25, -0.2) is 4.98 Å². The molecule has 0 aliphatic heterocycles. The first-order valence-electron chi connectivity index (χ1n) is 4.91. The molecule has 0 N–H and O–H groups in total. The van der Waals surface area contributed by atoms with E-state index in [9.17, 15) is 0 Å². The van der Waals surface area contributed by atoms with E-state index in [2.05, 4.69) is 25.9 Å². The van der Waals surface area contributed by atoms with E-state index in [4.69, 9.17) is 16.3 Å². The van der Waals surface area contributed by atoms with Crippen LogP contribution in [0.4, 0.5) is 5.82 Å². The second-order valence-electron chi connectivity index (χ2n) is 3.71. The molecular weight excluding hydrogens is 305 g/mol. The highest BCUT2D eigenvalue weighted by atomic mass is 79.9. The Morgan fingerprint density at radius 2 is 2.00 bits per heavy atom. The Balaban J connectivity index is 2.84. The Hall–Kier alpha value is -1.07. The number of hydrogen-bond donors (Lipinski definition) is 0. The zero-order chi connectivity index (χ0) is 12.6. The molecule has 2 rings (SSSR count). The van der Waals surface area contributed by atoms with Crippen molar-refractivity contribution in [3.63, 3.8) is 0 Å². The molecule has 0 spiro atoms. The molecule has 0 bridgehead atoms. The summed E-state index contributed by atoms with van der Waals surface area (Å²) in [6.07, 6.45) is 0. The van der Waals surface area contributed by atoms with Crippen LogP contribution in [0.2, 0.25) is 5.28 Å². The fraction of sp³-hybridized carbons (Fsp3) is 0.273. The van der Waals surface area contributed by atoms with Crippen molar-refractivity contribution in [2.75, 3.05) is 26.1 Å². The van der Waals surface area contributed by atoms with Gasteiger partial charge in [-0.1, -0.05) is 0 Å². The summed E-state index contributed by atoms with van der Waals surface area (Å²) in [5, 5.41) is 1.14. The second-order valence-corrected chi connectivity index (χ2v) is 4.91. The lowest BCUT2D eigenvalue weighted by molar-refractivity contribution is 0.415. The molecule has 0 saturated heterocycles. The summed E-state index contributed by atoms with van der Waals surface area (Å²) >= 11 is 9.41. The summed E-state index contributed by atoms with van der Waals surface area (Å²) in [4.78, 5) is 10.3. The first-order valence-corrected chi connectivity index (χ1v) is 6.08. The highest BCUT2D eigenvalue weighted by Crippen LogP contribution is 2.34. The molecule has 6 heteroatoms. The predicted octanol–water partition coefficient (Wildman–Crippen LogP) is 3.12. The second kappa shape index (κ2) is 4.66. The summed E-state index contributed by atoms with van der Waals surface area (Å²) in [5.74, 6) is 1.50. The van der Waals surface area contributed by atoms with Gasteiger partial charge in [0.25, 0.3) is 0 Å². The molecule has 2 aromatic rings. The maximum atomic E-state index is 5.91. The summed E-state index contributed by atoms with van der Waals surface area (Å²) < 4.78 is 6.08. The fourth-order valence-corrected chi connectivity index (χ4v) is 2.36. The number of fused-ring (bicyclic) bond motifs is 1. The van der Waals surface area contributed by atoms with Crippen molar-refractivity contribution < 1.29 is 4.74 Å². The average Bonchev–Trinajstić information content (AvgIpc) is 2.26. The monoisotopic (exact) mass is 315 g/mol. The van der Waals surface area contributed by atoms with E-state index in [0.29, 0.717) is 0 Å². The van der Waals surface area contributed by atoms with Crippen LogP contribution < -0.4 is 9.64 Å². The molecule has 0 saturated carbocycles. The zero-order valence-electron chi connectivity index (χ0n) is 9.66. The number of aromatic nitrogens is 2. The fourth-order valence-electron chi connectivity index (χ4n) is 1.59. The summed E-state index contributed by atoms with van der Waals surface area (Å²) in [5.41, 5.74) is 0.750. The van der Waals surface area contributed by atoms with Gasteiger partial charge in [0.2, 0.25) is 5.28 Å². The standard InChI is InChI=1S/C11H11BrClN3O/c1-16(2)10-9-7(12)4-6(17-3)5-8(9)14-11(13)15-10/h4-5H,1-3H3. The number of anilines is 1. The van der Waals surface area contributed by atoms with E-state index in [1.54, 1.807) is 7.11 Å². The number of halogens is 2. The molecule has 0 fully saturated rings. The highest BCUT2D eigenvalue weighted by Gasteiger charge is 2.13. The number of benzene rings is 1. The van der Waals surface area contributed by atoms with Crippen LogP contribution in [0.1, 0.15) is 0 Å². The first-order chi connectivity index (χ1) is 8.02. The number of hydrogen-bond acceptors (Lipinski definition) is 4. The Labute approximate surface area is 113 Å². The quantitative estimate of drug-likeness (QED) is 0.798. The van der Waals surface area contributed by atoms with Crippen LogP contribution in [0.15, 0.2) is 16.6 Å². The number of nitrogens with zero attached hydrogens (tertiary/aromatic N) is 3. The Morgan fingerprint density at radius 3 is 2.59 bits per heavy atom. The largest absolute Gasteiger partial charge is 0.497 e. The van der Waals surface area contributed by atoms with Gasteiger partial charge in [0.05, 0.1) is 18.0 Å². The van der Waals surface area contributed by atoms with Crippen molar-refractivity contribution in [1.29, 1.82) is 0 Å². The molecule has 0 radical (unpaired) electrons. The van der Waals surface area contributed by atoms with Crippen LogP contribution in [-0.2, 0) is 0 Å². The van der Waals surface area contributed by atoms with Crippen LogP contribution in [0, 0.1) is 0 Å². The van der Waals surface area contributed by atoms with Gasteiger partial charge in [-0.05, 0) is 33.6 Å². The molecule has 1 aromatic carbocycles. The molecule has 0 aliphatic carbocycles. The minimum Gasteiger partial charge on any atom is -0.497 e. The zero-order valence-corrected chi connectivity index (χ0v) is 12.0. The molecule has 0 atom stereocenters. The number of rotatable bonds is 2. The lowest BCUT2D eigenvalue weighted by Gasteiger charge is -2.15. The molecule has 0 unspecified atom stereocenters. The minimum absolute atomic E-state index is 0.223. The van der Waals surface area contributed by atoms with Crippen molar-refractivity contribution in [3.8, 4) is 5.75 Å². The van der Waals surface area contributed by atoms with E-state index in [1.165, 1.54) is 0 Å². The van der Waals surface area contributed by atoms with Crippen molar-refractivity contribution >= 4 is 44.3 Å². The van der Waals surface area contributed by atoms with Crippen molar-refractivity contribution in [2.24, 2.45) is 0 Å². The molecule has 1 heterocycles. The SMILES string of the molecule is COc1cc(Br)c2c(N(C)C)nc(Cl)nc2c1. The van der Waals surface area contributed by atoms with Crippen LogP contribution in [0.3, 0.4) is 0 Å². The van der Waals surface area contributed by atoms with Gasteiger partial charge in [-0.15, -0.1) is 0 Å². The Bertz CT molecular complexity index is 574. The van der Waals surface area contributed by atoms with Crippen molar-refractivity contribution in [3.05, 3.63) is 21.9 Å². The van der Waals surface area contributed by atoms with E-state index in [0.717, 1.165) is 26.9 Å². The molecule has 0 aliphatic rings. The highest BCUT2D eigenvalue weighted by molar-refractivity contribution is 9.10. The van der Waals surface area contributed by atoms with Crippen LogP contribution in [0.25, 0.3) is 10.9 Å². The minimum atomic E-state index is 0.223. The van der Waals surface area contributed by atoms with Gasteiger partial charge in [0, 0.05) is 24.6 Å². The molecule has 4 nitrogen and oxygen atoms in total. The third kappa shape index (κ3) is 2.30. The predicted molar refractivity (Wildman–Crippen MR) is 73.1 cm³/mol. The van der Waals surface area contributed by atoms with Crippen LogP contribution >= 0.6 is 27.5 Å².